The number of amides is 1. The van der Waals surface area contributed by atoms with Gasteiger partial charge in [-0.05, 0) is 48.0 Å². The average Bonchev–Trinajstić information content (AvgIpc) is 2.90. The topological polar surface area (TPSA) is 119 Å². The Bertz CT molecular complexity index is 1390. The standard InChI is InChI=1S/C26H24FN5O4/c1-35-23-14-18(8-10-22(23)36-16-17-5-4-6-19(27)13-17)25-30-26(34)21(31-32-25)9-11-24(33)29-15-20-7-2-3-12-28-20/h2-8,10,12-14H,9,11,15-16H2,1H3,(H,29,33)(H,30,32,34). The maximum absolute atomic E-state index is 13.4. The first-order valence-electron chi connectivity index (χ1n) is 11.2. The number of halogens is 1. The highest BCUT2D eigenvalue weighted by Crippen LogP contribution is 2.31. The summed E-state index contributed by atoms with van der Waals surface area (Å²) in [7, 11) is 1.49. The number of H-pyrrole nitrogens is 1. The Morgan fingerprint density at radius 2 is 1.94 bits per heavy atom. The summed E-state index contributed by atoms with van der Waals surface area (Å²) in [6, 6.07) is 16.6. The number of pyridine rings is 1. The van der Waals surface area contributed by atoms with Crippen LogP contribution in [0.4, 0.5) is 4.39 Å². The van der Waals surface area contributed by atoms with Crippen molar-refractivity contribution >= 4 is 5.91 Å². The van der Waals surface area contributed by atoms with Gasteiger partial charge in [0.2, 0.25) is 5.91 Å². The minimum atomic E-state index is -0.428. The molecular weight excluding hydrogens is 465 g/mol. The molecule has 0 saturated carbocycles. The number of carbonyl (C=O) groups is 1. The fraction of sp³-hybridized carbons (Fsp3) is 0.192. The molecule has 2 N–H and O–H groups in total. The zero-order chi connectivity index (χ0) is 25.3. The molecule has 2 aromatic heterocycles. The second-order valence-electron chi connectivity index (χ2n) is 7.83. The number of methoxy groups -OCH3 is 1. The zero-order valence-electron chi connectivity index (χ0n) is 19.5. The Kier molecular flexibility index (Phi) is 7.97. The van der Waals surface area contributed by atoms with Gasteiger partial charge in [0.1, 0.15) is 18.1 Å². The van der Waals surface area contributed by atoms with Crippen LogP contribution in [-0.2, 0) is 24.4 Å². The predicted octanol–water partition coefficient (Wildman–Crippen LogP) is 3.20. The summed E-state index contributed by atoms with van der Waals surface area (Å²) >= 11 is 0. The van der Waals surface area contributed by atoms with Crippen LogP contribution < -0.4 is 20.3 Å². The molecule has 1 amide bonds. The Labute approximate surface area is 206 Å². The summed E-state index contributed by atoms with van der Waals surface area (Å²) in [6.07, 6.45) is 1.89. The number of aryl methyl sites for hydroxylation is 1. The molecule has 10 heteroatoms. The molecule has 0 aliphatic heterocycles. The fourth-order valence-corrected chi connectivity index (χ4v) is 3.39. The van der Waals surface area contributed by atoms with Gasteiger partial charge in [0.25, 0.3) is 5.56 Å². The highest BCUT2D eigenvalue weighted by molar-refractivity contribution is 5.76. The van der Waals surface area contributed by atoms with Crippen molar-refractivity contribution in [3.05, 3.63) is 100.0 Å². The van der Waals surface area contributed by atoms with Gasteiger partial charge < -0.3 is 19.8 Å². The van der Waals surface area contributed by atoms with Gasteiger partial charge in [-0.25, -0.2) is 4.39 Å². The summed E-state index contributed by atoms with van der Waals surface area (Å²) in [5.41, 5.74) is 1.72. The molecule has 0 fully saturated rings. The third-order valence-electron chi connectivity index (χ3n) is 5.27. The summed E-state index contributed by atoms with van der Waals surface area (Å²) in [5.74, 6) is 0.562. The second kappa shape index (κ2) is 11.7. The molecule has 0 aliphatic carbocycles. The van der Waals surface area contributed by atoms with Crippen molar-refractivity contribution in [3.8, 4) is 22.9 Å². The van der Waals surface area contributed by atoms with Gasteiger partial charge in [-0.15, -0.1) is 10.2 Å². The Morgan fingerprint density at radius 3 is 2.69 bits per heavy atom. The van der Waals surface area contributed by atoms with Crippen LogP contribution in [0.5, 0.6) is 11.5 Å². The maximum atomic E-state index is 13.4. The fourth-order valence-electron chi connectivity index (χ4n) is 3.39. The van der Waals surface area contributed by atoms with Crippen LogP contribution in [-0.4, -0.2) is 33.2 Å². The molecule has 184 valence electrons. The van der Waals surface area contributed by atoms with E-state index in [0.29, 0.717) is 29.2 Å². The summed E-state index contributed by atoms with van der Waals surface area (Å²) in [4.78, 5) is 31.5. The van der Waals surface area contributed by atoms with Crippen molar-refractivity contribution in [2.24, 2.45) is 0 Å². The lowest BCUT2D eigenvalue weighted by molar-refractivity contribution is -0.121. The van der Waals surface area contributed by atoms with Crippen molar-refractivity contribution in [2.75, 3.05) is 7.11 Å². The first-order chi connectivity index (χ1) is 17.5. The summed E-state index contributed by atoms with van der Waals surface area (Å²) in [5, 5.41) is 10.9. The van der Waals surface area contributed by atoms with E-state index in [1.165, 1.54) is 19.2 Å². The molecule has 36 heavy (non-hydrogen) atoms. The Hall–Kier alpha value is -4.60. The molecule has 9 nitrogen and oxygen atoms in total. The quantitative estimate of drug-likeness (QED) is 0.351. The second-order valence-corrected chi connectivity index (χ2v) is 7.83. The van der Waals surface area contributed by atoms with Crippen molar-refractivity contribution in [1.82, 2.24) is 25.5 Å². The number of aromatic amines is 1. The summed E-state index contributed by atoms with van der Waals surface area (Å²) in [6.45, 7) is 0.471. The van der Waals surface area contributed by atoms with Crippen molar-refractivity contribution in [1.29, 1.82) is 0 Å². The van der Waals surface area contributed by atoms with Crippen molar-refractivity contribution < 1.29 is 18.7 Å². The highest BCUT2D eigenvalue weighted by atomic mass is 19.1. The smallest absolute Gasteiger partial charge is 0.273 e. The molecule has 2 aromatic carbocycles. The van der Waals surface area contributed by atoms with Crippen LogP contribution in [0.25, 0.3) is 11.4 Å². The third kappa shape index (κ3) is 6.50. The lowest BCUT2D eigenvalue weighted by atomic mass is 10.2. The molecule has 0 aliphatic rings. The van der Waals surface area contributed by atoms with Crippen LogP contribution in [0.1, 0.15) is 23.4 Å². The van der Waals surface area contributed by atoms with E-state index in [9.17, 15) is 14.0 Å². The number of ether oxygens (including phenoxy) is 2. The number of aromatic nitrogens is 4. The lowest BCUT2D eigenvalue weighted by Crippen LogP contribution is -2.25. The monoisotopic (exact) mass is 489 g/mol. The minimum Gasteiger partial charge on any atom is -0.493 e. The predicted molar refractivity (Wildman–Crippen MR) is 130 cm³/mol. The third-order valence-corrected chi connectivity index (χ3v) is 5.27. The van der Waals surface area contributed by atoms with Crippen LogP contribution in [0, 0.1) is 5.82 Å². The number of benzene rings is 2. The molecule has 0 radical (unpaired) electrons. The SMILES string of the molecule is COc1cc(-c2nnc(CCC(=O)NCc3ccccn3)c(=O)[nH]2)ccc1OCc1cccc(F)c1. The molecule has 0 spiro atoms. The van der Waals surface area contributed by atoms with Crippen LogP contribution in [0.2, 0.25) is 0 Å². The van der Waals surface area contributed by atoms with E-state index in [2.05, 4.69) is 25.5 Å². The first-order valence-corrected chi connectivity index (χ1v) is 11.2. The van der Waals surface area contributed by atoms with Gasteiger partial charge in [0.05, 0.1) is 19.3 Å². The molecule has 0 atom stereocenters. The van der Waals surface area contributed by atoms with Crippen molar-refractivity contribution in [3.63, 3.8) is 0 Å². The zero-order valence-corrected chi connectivity index (χ0v) is 19.5. The molecule has 0 saturated heterocycles. The number of nitrogens with zero attached hydrogens (tertiary/aromatic N) is 3. The van der Waals surface area contributed by atoms with Crippen LogP contribution >= 0.6 is 0 Å². The molecular formula is C26H24FN5O4. The maximum Gasteiger partial charge on any atom is 0.273 e. The average molecular weight is 490 g/mol. The normalized spacial score (nSPS) is 10.6. The molecule has 4 aromatic rings. The van der Waals surface area contributed by atoms with E-state index in [1.54, 1.807) is 42.6 Å². The van der Waals surface area contributed by atoms with E-state index >= 15 is 0 Å². The number of carbonyl (C=O) groups excluding carboxylic acids is 1. The van der Waals surface area contributed by atoms with Crippen LogP contribution in [0.15, 0.2) is 71.7 Å². The molecule has 0 bridgehead atoms. The van der Waals surface area contributed by atoms with Gasteiger partial charge in [0, 0.05) is 24.6 Å². The van der Waals surface area contributed by atoms with Gasteiger partial charge >= 0.3 is 0 Å². The van der Waals surface area contributed by atoms with Gasteiger partial charge in [0.15, 0.2) is 17.3 Å². The number of nitrogens with one attached hydrogen (secondary N) is 2. The minimum absolute atomic E-state index is 0.0924. The first kappa shape index (κ1) is 24.5. The van der Waals surface area contributed by atoms with Gasteiger partial charge in [-0.1, -0.05) is 18.2 Å². The molecule has 4 rings (SSSR count). The summed E-state index contributed by atoms with van der Waals surface area (Å²) < 4.78 is 24.6. The number of rotatable bonds is 10. The van der Waals surface area contributed by atoms with E-state index < -0.39 is 5.56 Å². The van der Waals surface area contributed by atoms with Gasteiger partial charge in [-0.3, -0.25) is 14.6 Å². The molecule has 2 heterocycles. The largest absolute Gasteiger partial charge is 0.493 e. The lowest BCUT2D eigenvalue weighted by Gasteiger charge is -2.12. The van der Waals surface area contributed by atoms with Gasteiger partial charge in [-0.2, -0.15) is 0 Å². The van der Waals surface area contributed by atoms with E-state index in [4.69, 9.17) is 9.47 Å². The Balaban J connectivity index is 1.37. The number of hydrogen-bond acceptors (Lipinski definition) is 7. The van der Waals surface area contributed by atoms with E-state index in [-0.39, 0.29) is 42.7 Å². The molecule has 0 unspecified atom stereocenters. The van der Waals surface area contributed by atoms with E-state index in [0.717, 1.165) is 5.69 Å². The number of hydrogen-bond donors (Lipinski definition) is 2. The van der Waals surface area contributed by atoms with Crippen LogP contribution in [0.3, 0.4) is 0 Å². The van der Waals surface area contributed by atoms with Crippen molar-refractivity contribution in [2.45, 2.75) is 26.0 Å². The van der Waals surface area contributed by atoms with E-state index in [1.807, 2.05) is 12.1 Å². The Morgan fingerprint density at radius 1 is 1.06 bits per heavy atom. The highest BCUT2D eigenvalue weighted by Gasteiger charge is 2.13.